The Morgan fingerprint density at radius 3 is 3.00 bits per heavy atom. The number of anilines is 1. The van der Waals surface area contributed by atoms with Gasteiger partial charge in [-0.05, 0) is 33.1 Å². The Morgan fingerprint density at radius 2 is 2.30 bits per heavy atom. The highest BCUT2D eigenvalue weighted by atomic mass is 32.1. The van der Waals surface area contributed by atoms with E-state index in [4.69, 9.17) is 0 Å². The van der Waals surface area contributed by atoms with Crippen LogP contribution in [0.5, 0.6) is 0 Å². The van der Waals surface area contributed by atoms with Crippen molar-refractivity contribution in [3.05, 3.63) is 28.0 Å². The van der Waals surface area contributed by atoms with Gasteiger partial charge in [-0.15, -0.1) is 11.3 Å². The topological polar surface area (TPSA) is 63.1 Å². The van der Waals surface area contributed by atoms with Gasteiger partial charge < -0.3 is 10.2 Å². The number of likely N-dealkylation sites (tertiary alicyclic amines) is 1. The van der Waals surface area contributed by atoms with Crippen LogP contribution in [0.1, 0.15) is 48.6 Å². The molecular formula is C16H23N5OS. The summed E-state index contributed by atoms with van der Waals surface area (Å²) in [5.41, 5.74) is 2.73. The summed E-state index contributed by atoms with van der Waals surface area (Å²) in [6.07, 6.45) is 4.82. The van der Waals surface area contributed by atoms with E-state index in [2.05, 4.69) is 22.3 Å². The Morgan fingerprint density at radius 1 is 1.48 bits per heavy atom. The number of thiazole rings is 1. The van der Waals surface area contributed by atoms with Gasteiger partial charge in [0, 0.05) is 24.7 Å². The fraction of sp³-hybridized carbons (Fsp3) is 0.562. The monoisotopic (exact) mass is 333 g/mol. The number of nitrogens with zero attached hydrogens (tertiary/aromatic N) is 4. The van der Waals surface area contributed by atoms with Crippen molar-refractivity contribution in [3.63, 3.8) is 0 Å². The largest absolute Gasteiger partial charge is 0.322 e. The Labute approximate surface area is 140 Å². The van der Waals surface area contributed by atoms with Crippen LogP contribution in [0.4, 0.5) is 10.5 Å². The molecule has 3 heterocycles. The summed E-state index contributed by atoms with van der Waals surface area (Å²) in [5.74, 6) is 0. The lowest BCUT2D eigenvalue weighted by Crippen LogP contribution is -2.34. The van der Waals surface area contributed by atoms with Crippen molar-refractivity contribution in [2.75, 3.05) is 11.9 Å². The second kappa shape index (κ2) is 6.70. The number of nitrogens with one attached hydrogen (secondary N) is 1. The quantitative estimate of drug-likeness (QED) is 0.927. The Kier molecular flexibility index (Phi) is 4.66. The van der Waals surface area contributed by atoms with Crippen molar-refractivity contribution in [1.82, 2.24) is 19.7 Å². The predicted octanol–water partition coefficient (Wildman–Crippen LogP) is 3.74. The van der Waals surface area contributed by atoms with E-state index >= 15 is 0 Å². The zero-order valence-corrected chi connectivity index (χ0v) is 14.7. The summed E-state index contributed by atoms with van der Waals surface area (Å²) in [6, 6.07) is 0.0475. The fourth-order valence-corrected chi connectivity index (χ4v) is 3.94. The first kappa shape index (κ1) is 16.0. The lowest BCUT2D eigenvalue weighted by molar-refractivity contribution is 0.207. The van der Waals surface area contributed by atoms with Gasteiger partial charge in [0.15, 0.2) is 0 Å². The van der Waals surface area contributed by atoms with E-state index in [0.29, 0.717) is 0 Å². The summed E-state index contributed by atoms with van der Waals surface area (Å²) >= 11 is 1.62. The van der Waals surface area contributed by atoms with E-state index < -0.39 is 0 Å². The number of carbonyl (C=O) groups excluding carboxylic acids is 1. The molecule has 0 unspecified atom stereocenters. The predicted molar refractivity (Wildman–Crippen MR) is 91.8 cm³/mol. The number of aryl methyl sites for hydroxylation is 2. The zero-order chi connectivity index (χ0) is 16.4. The molecule has 0 bridgehead atoms. The molecule has 0 aromatic carbocycles. The van der Waals surface area contributed by atoms with Crippen LogP contribution >= 0.6 is 11.3 Å². The van der Waals surface area contributed by atoms with Gasteiger partial charge in [-0.1, -0.05) is 6.92 Å². The number of hydrogen-bond donors (Lipinski definition) is 1. The van der Waals surface area contributed by atoms with Crippen LogP contribution in [0.15, 0.2) is 11.6 Å². The molecule has 2 amide bonds. The van der Waals surface area contributed by atoms with Crippen molar-refractivity contribution in [3.8, 4) is 0 Å². The van der Waals surface area contributed by atoms with Crippen LogP contribution in [-0.2, 0) is 6.54 Å². The van der Waals surface area contributed by atoms with Gasteiger partial charge in [0.05, 0.1) is 23.1 Å². The van der Waals surface area contributed by atoms with Crippen LogP contribution in [-0.4, -0.2) is 32.2 Å². The highest BCUT2D eigenvalue weighted by Crippen LogP contribution is 2.33. The first-order chi connectivity index (χ1) is 11.1. The average Bonchev–Trinajstić information content (AvgIpc) is 3.24. The maximum Gasteiger partial charge on any atom is 0.322 e. The van der Waals surface area contributed by atoms with E-state index in [9.17, 15) is 4.79 Å². The molecule has 1 atom stereocenters. The van der Waals surface area contributed by atoms with E-state index in [0.717, 1.165) is 54.4 Å². The van der Waals surface area contributed by atoms with E-state index in [1.807, 2.05) is 28.8 Å². The van der Waals surface area contributed by atoms with Gasteiger partial charge in [-0.2, -0.15) is 5.10 Å². The molecule has 1 fully saturated rings. The maximum absolute atomic E-state index is 12.7. The smallest absolute Gasteiger partial charge is 0.315 e. The summed E-state index contributed by atoms with van der Waals surface area (Å²) in [7, 11) is 0. The molecule has 23 heavy (non-hydrogen) atoms. The molecule has 1 aliphatic rings. The molecule has 0 spiro atoms. The third-order valence-electron chi connectivity index (χ3n) is 4.30. The third-order valence-corrected chi connectivity index (χ3v) is 5.18. The highest BCUT2D eigenvalue weighted by molar-refractivity contribution is 7.09. The minimum absolute atomic E-state index is 0.0510. The number of rotatable bonds is 4. The number of amides is 2. The fourth-order valence-electron chi connectivity index (χ4n) is 3.15. The summed E-state index contributed by atoms with van der Waals surface area (Å²) in [6.45, 7) is 7.72. The molecule has 2 aromatic heterocycles. The Hall–Kier alpha value is -1.89. The molecule has 3 rings (SSSR count). The number of aromatic nitrogens is 3. The lowest BCUT2D eigenvalue weighted by atomic mass is 10.2. The Bertz CT molecular complexity index is 679. The summed E-state index contributed by atoms with van der Waals surface area (Å²) < 4.78 is 1.97. The molecular weight excluding hydrogens is 310 g/mol. The van der Waals surface area contributed by atoms with Crippen LogP contribution in [0, 0.1) is 13.8 Å². The van der Waals surface area contributed by atoms with Gasteiger partial charge in [-0.25, -0.2) is 9.78 Å². The SMILES string of the molecule is CCCn1nc(C)c(NC(=O)N2CCC[C@@H]2c2nccs2)c1C. The molecule has 2 aromatic rings. The second-order valence-electron chi connectivity index (χ2n) is 5.92. The van der Waals surface area contributed by atoms with Gasteiger partial charge in [0.2, 0.25) is 0 Å². The molecule has 0 saturated carbocycles. The maximum atomic E-state index is 12.7. The van der Waals surface area contributed by atoms with Crippen LogP contribution in [0.25, 0.3) is 0 Å². The van der Waals surface area contributed by atoms with Crippen molar-refractivity contribution in [1.29, 1.82) is 0 Å². The number of urea groups is 1. The van der Waals surface area contributed by atoms with E-state index in [-0.39, 0.29) is 12.1 Å². The standard InChI is InChI=1S/C16H23N5OS/c1-4-8-21-12(3)14(11(2)19-21)18-16(22)20-9-5-6-13(20)15-17-7-10-23-15/h7,10,13H,4-6,8-9H2,1-3H3,(H,18,22)/t13-/m1/s1. The highest BCUT2D eigenvalue weighted by Gasteiger charge is 2.32. The van der Waals surface area contributed by atoms with Gasteiger partial charge >= 0.3 is 6.03 Å². The average molecular weight is 333 g/mol. The molecule has 1 N–H and O–H groups in total. The normalized spacial score (nSPS) is 17.7. The first-order valence-electron chi connectivity index (χ1n) is 8.12. The molecule has 0 radical (unpaired) electrons. The molecule has 1 aliphatic heterocycles. The number of hydrogen-bond acceptors (Lipinski definition) is 4. The molecule has 6 nitrogen and oxygen atoms in total. The summed E-state index contributed by atoms with van der Waals surface area (Å²) in [5, 5.41) is 10.6. The molecule has 7 heteroatoms. The van der Waals surface area contributed by atoms with Crippen molar-refractivity contribution >= 4 is 23.1 Å². The van der Waals surface area contributed by atoms with Crippen molar-refractivity contribution in [2.45, 2.75) is 52.6 Å². The van der Waals surface area contributed by atoms with Crippen LogP contribution in [0.2, 0.25) is 0 Å². The van der Waals surface area contributed by atoms with Crippen LogP contribution in [0.3, 0.4) is 0 Å². The molecule has 124 valence electrons. The van der Waals surface area contributed by atoms with Crippen molar-refractivity contribution in [2.24, 2.45) is 0 Å². The zero-order valence-electron chi connectivity index (χ0n) is 13.9. The Balaban J connectivity index is 1.76. The lowest BCUT2D eigenvalue weighted by Gasteiger charge is -2.23. The minimum Gasteiger partial charge on any atom is -0.315 e. The minimum atomic E-state index is -0.0510. The third kappa shape index (κ3) is 3.10. The first-order valence-corrected chi connectivity index (χ1v) is 9.00. The van der Waals surface area contributed by atoms with Gasteiger partial charge in [0.1, 0.15) is 5.01 Å². The van der Waals surface area contributed by atoms with E-state index in [1.54, 1.807) is 17.5 Å². The van der Waals surface area contributed by atoms with Gasteiger partial charge in [-0.3, -0.25) is 4.68 Å². The second-order valence-corrected chi connectivity index (χ2v) is 6.85. The van der Waals surface area contributed by atoms with Gasteiger partial charge in [0.25, 0.3) is 0 Å². The van der Waals surface area contributed by atoms with E-state index in [1.165, 1.54) is 0 Å². The van der Waals surface area contributed by atoms with Crippen molar-refractivity contribution < 1.29 is 4.79 Å². The molecule has 1 saturated heterocycles. The van der Waals surface area contributed by atoms with Crippen LogP contribution < -0.4 is 5.32 Å². The molecule has 0 aliphatic carbocycles. The number of carbonyl (C=O) groups is 1. The summed E-state index contributed by atoms with van der Waals surface area (Å²) in [4.78, 5) is 19.0.